The lowest BCUT2D eigenvalue weighted by molar-refractivity contribution is 0.163. The molecule has 2 aliphatic rings. The number of ether oxygens (including phenoxy) is 1. The summed E-state index contributed by atoms with van der Waals surface area (Å²) in [6.45, 7) is 2.32. The van der Waals surface area contributed by atoms with Crippen molar-refractivity contribution in [3.8, 4) is 0 Å². The first-order valence-electron chi connectivity index (χ1n) is 5.45. The summed E-state index contributed by atoms with van der Waals surface area (Å²) in [6.07, 6.45) is 5.41. The van der Waals surface area contributed by atoms with Gasteiger partial charge in [-0.3, -0.25) is 0 Å². The third-order valence-corrected chi connectivity index (χ3v) is 4.00. The van der Waals surface area contributed by atoms with Crippen LogP contribution in [0.15, 0.2) is 0 Å². The maximum Gasteiger partial charge on any atom is 0.483 e. The second kappa shape index (κ2) is 6.60. The SMILES string of the molecule is CC1CCC2OC2C1.CO[SiH](OC)OC. The van der Waals surface area contributed by atoms with Crippen LogP contribution in [-0.4, -0.2) is 43.1 Å². The van der Waals surface area contributed by atoms with Crippen LogP contribution < -0.4 is 0 Å². The highest BCUT2D eigenvalue weighted by Gasteiger charge is 2.42. The van der Waals surface area contributed by atoms with Crippen LogP contribution in [0.1, 0.15) is 26.2 Å². The van der Waals surface area contributed by atoms with Crippen LogP contribution in [-0.2, 0) is 18.0 Å². The molecule has 15 heavy (non-hydrogen) atoms. The van der Waals surface area contributed by atoms with E-state index in [0.717, 1.165) is 5.92 Å². The predicted molar refractivity (Wildman–Crippen MR) is 59.9 cm³/mol. The summed E-state index contributed by atoms with van der Waals surface area (Å²) in [5.41, 5.74) is 0. The van der Waals surface area contributed by atoms with Crippen molar-refractivity contribution in [2.24, 2.45) is 5.92 Å². The number of hydrogen-bond donors (Lipinski definition) is 0. The molecule has 2 fully saturated rings. The highest BCUT2D eigenvalue weighted by atomic mass is 28.3. The van der Waals surface area contributed by atoms with Gasteiger partial charge in [-0.2, -0.15) is 0 Å². The Morgan fingerprint density at radius 1 is 1.00 bits per heavy atom. The molecule has 1 heterocycles. The van der Waals surface area contributed by atoms with Crippen molar-refractivity contribution in [3.63, 3.8) is 0 Å². The minimum absolute atomic E-state index is 0.679. The van der Waals surface area contributed by atoms with Gasteiger partial charge in [0.25, 0.3) is 0 Å². The number of hydrogen-bond acceptors (Lipinski definition) is 4. The maximum absolute atomic E-state index is 5.35. The van der Waals surface area contributed by atoms with E-state index in [1.165, 1.54) is 19.3 Å². The van der Waals surface area contributed by atoms with E-state index in [1.54, 1.807) is 21.3 Å². The zero-order valence-corrected chi connectivity index (χ0v) is 11.2. The molecule has 0 amide bonds. The van der Waals surface area contributed by atoms with Gasteiger partial charge in [0.1, 0.15) is 0 Å². The lowest BCUT2D eigenvalue weighted by Crippen LogP contribution is -2.21. The molecule has 4 nitrogen and oxygen atoms in total. The minimum atomic E-state index is -1.67. The molecular weight excluding hydrogens is 212 g/mol. The molecule has 0 bridgehead atoms. The molecule has 1 saturated carbocycles. The second-order valence-corrected chi connectivity index (χ2v) is 6.12. The van der Waals surface area contributed by atoms with Crippen molar-refractivity contribution in [2.75, 3.05) is 21.3 Å². The summed E-state index contributed by atoms with van der Waals surface area (Å²) < 4.78 is 19.6. The van der Waals surface area contributed by atoms with Gasteiger partial charge in [0.15, 0.2) is 0 Å². The van der Waals surface area contributed by atoms with Gasteiger partial charge in [0.05, 0.1) is 12.2 Å². The molecule has 3 atom stereocenters. The number of rotatable bonds is 3. The molecule has 0 aromatic rings. The Morgan fingerprint density at radius 2 is 1.60 bits per heavy atom. The Hall–Kier alpha value is 0.0569. The van der Waals surface area contributed by atoms with E-state index >= 15 is 0 Å². The molecular formula is C10H22O4Si. The molecule has 5 heteroatoms. The summed E-state index contributed by atoms with van der Waals surface area (Å²) in [7, 11) is 3.05. The first kappa shape index (κ1) is 13.1. The highest BCUT2D eigenvalue weighted by Crippen LogP contribution is 2.38. The summed E-state index contributed by atoms with van der Waals surface area (Å²) in [5, 5.41) is 0. The Kier molecular flexibility index (Phi) is 5.77. The highest BCUT2D eigenvalue weighted by molar-refractivity contribution is 6.36. The summed E-state index contributed by atoms with van der Waals surface area (Å²) in [5.74, 6) is 0.929. The summed E-state index contributed by atoms with van der Waals surface area (Å²) in [6, 6.07) is 0. The third kappa shape index (κ3) is 4.61. The average Bonchev–Trinajstić information content (AvgIpc) is 2.99. The zero-order valence-electron chi connectivity index (χ0n) is 10.1. The largest absolute Gasteiger partial charge is 0.483 e. The first-order chi connectivity index (χ1) is 7.21. The van der Waals surface area contributed by atoms with E-state index < -0.39 is 9.53 Å². The van der Waals surface area contributed by atoms with Gasteiger partial charge in [-0.1, -0.05) is 6.92 Å². The third-order valence-electron chi connectivity index (χ3n) is 2.84. The van der Waals surface area contributed by atoms with Crippen molar-refractivity contribution in [3.05, 3.63) is 0 Å². The molecule has 1 aliphatic carbocycles. The predicted octanol–water partition coefficient (Wildman–Crippen LogP) is 1.22. The Balaban J connectivity index is 0.000000153. The van der Waals surface area contributed by atoms with Crippen molar-refractivity contribution < 1.29 is 18.0 Å². The van der Waals surface area contributed by atoms with E-state index in [4.69, 9.17) is 18.0 Å². The van der Waals surface area contributed by atoms with Gasteiger partial charge in [-0.05, 0) is 25.2 Å². The molecule has 90 valence electrons. The topological polar surface area (TPSA) is 40.2 Å². The summed E-state index contributed by atoms with van der Waals surface area (Å²) in [4.78, 5) is 0. The molecule has 1 saturated heterocycles. The molecule has 2 rings (SSSR count). The normalized spacial score (nSPS) is 33.0. The van der Waals surface area contributed by atoms with Gasteiger partial charge in [0, 0.05) is 21.3 Å². The van der Waals surface area contributed by atoms with Crippen molar-refractivity contribution >= 4 is 9.53 Å². The van der Waals surface area contributed by atoms with E-state index in [9.17, 15) is 0 Å². The quantitative estimate of drug-likeness (QED) is 0.544. The Bertz CT molecular complexity index is 169. The minimum Gasteiger partial charge on any atom is -0.379 e. The molecule has 0 spiro atoms. The standard InChI is InChI=1S/C7H12O.C3H10O3Si/c1-5-2-3-6-7(4-5)8-6;1-4-7(5-2)6-3/h5-7H,2-4H2,1H3;7H,1-3H3. The Morgan fingerprint density at radius 3 is 1.93 bits per heavy atom. The molecule has 0 aromatic carbocycles. The van der Waals surface area contributed by atoms with Crippen molar-refractivity contribution in [1.29, 1.82) is 0 Å². The average molecular weight is 234 g/mol. The van der Waals surface area contributed by atoms with Gasteiger partial charge in [0.2, 0.25) is 0 Å². The van der Waals surface area contributed by atoms with Gasteiger partial charge in [-0.15, -0.1) is 0 Å². The second-order valence-electron chi connectivity index (χ2n) is 4.13. The smallest absolute Gasteiger partial charge is 0.379 e. The lowest BCUT2D eigenvalue weighted by atomic mass is 9.91. The van der Waals surface area contributed by atoms with Crippen LogP contribution in [0, 0.1) is 5.92 Å². The van der Waals surface area contributed by atoms with Crippen LogP contribution >= 0.6 is 0 Å². The van der Waals surface area contributed by atoms with Crippen LogP contribution in [0.5, 0.6) is 0 Å². The van der Waals surface area contributed by atoms with E-state index in [1.807, 2.05) is 0 Å². The molecule has 0 aromatic heterocycles. The fraction of sp³-hybridized carbons (Fsp3) is 1.00. The van der Waals surface area contributed by atoms with Gasteiger partial charge >= 0.3 is 9.53 Å². The van der Waals surface area contributed by atoms with Gasteiger partial charge < -0.3 is 18.0 Å². The lowest BCUT2D eigenvalue weighted by Gasteiger charge is -2.11. The van der Waals surface area contributed by atoms with Crippen LogP contribution in [0.25, 0.3) is 0 Å². The monoisotopic (exact) mass is 234 g/mol. The molecule has 1 aliphatic heterocycles. The Labute approximate surface area is 93.8 Å². The van der Waals surface area contributed by atoms with Crippen LogP contribution in [0.4, 0.5) is 0 Å². The number of epoxide rings is 1. The number of fused-ring (bicyclic) bond motifs is 1. The fourth-order valence-electron chi connectivity index (χ4n) is 1.89. The molecule has 0 N–H and O–H groups in total. The van der Waals surface area contributed by atoms with E-state index in [2.05, 4.69) is 6.92 Å². The van der Waals surface area contributed by atoms with E-state index in [0.29, 0.717) is 12.2 Å². The van der Waals surface area contributed by atoms with Crippen molar-refractivity contribution in [1.82, 2.24) is 0 Å². The van der Waals surface area contributed by atoms with Crippen LogP contribution in [0.3, 0.4) is 0 Å². The van der Waals surface area contributed by atoms with Crippen molar-refractivity contribution in [2.45, 2.75) is 38.4 Å². The molecule has 0 radical (unpaired) electrons. The summed E-state index contributed by atoms with van der Waals surface area (Å²) >= 11 is 0. The van der Waals surface area contributed by atoms with E-state index in [-0.39, 0.29) is 0 Å². The molecule has 3 unspecified atom stereocenters. The first-order valence-corrected chi connectivity index (χ1v) is 6.86. The fourth-order valence-corrected chi connectivity index (χ4v) is 2.47. The maximum atomic E-state index is 5.35. The van der Waals surface area contributed by atoms with Crippen LogP contribution in [0.2, 0.25) is 0 Å². The van der Waals surface area contributed by atoms with Gasteiger partial charge in [-0.25, -0.2) is 0 Å². The zero-order chi connectivity index (χ0) is 11.3.